The lowest BCUT2D eigenvalue weighted by atomic mass is 10.0. The molecule has 0 aliphatic heterocycles. The average molecular weight is 409 g/mol. The van der Waals surface area contributed by atoms with Gasteiger partial charge in [-0.15, -0.1) is 0 Å². The van der Waals surface area contributed by atoms with Crippen LogP contribution in [0.3, 0.4) is 0 Å². The van der Waals surface area contributed by atoms with Gasteiger partial charge in [0.05, 0.1) is 12.8 Å². The van der Waals surface area contributed by atoms with Gasteiger partial charge in [0, 0.05) is 4.47 Å². The van der Waals surface area contributed by atoms with Gasteiger partial charge in [-0.1, -0.05) is 82.7 Å². The van der Waals surface area contributed by atoms with Crippen LogP contribution in [-0.4, -0.2) is 11.9 Å². The smallest absolute Gasteiger partial charge is 0.317 e. The molecule has 0 N–H and O–H groups in total. The molecule has 4 heteroatoms. The van der Waals surface area contributed by atoms with Crippen molar-refractivity contribution in [3.8, 4) is 11.1 Å². The number of carbonyl (C=O) groups is 2. The summed E-state index contributed by atoms with van der Waals surface area (Å²) in [5.41, 5.74) is 3.81. The van der Waals surface area contributed by atoms with E-state index in [0.717, 1.165) is 26.7 Å². The Bertz CT molecular complexity index is 885. The van der Waals surface area contributed by atoms with Gasteiger partial charge in [-0.25, -0.2) is 0 Å². The van der Waals surface area contributed by atoms with Crippen molar-refractivity contribution < 1.29 is 14.3 Å². The quantitative estimate of drug-likeness (QED) is 0.442. The highest BCUT2D eigenvalue weighted by molar-refractivity contribution is 9.10. The van der Waals surface area contributed by atoms with Crippen LogP contribution in [0.4, 0.5) is 0 Å². The topological polar surface area (TPSA) is 43.4 Å². The van der Waals surface area contributed by atoms with E-state index in [0.29, 0.717) is 0 Å². The Balaban J connectivity index is 1.54. The Kier molecular flexibility index (Phi) is 5.97. The SMILES string of the molecule is O=C(Cc1ccc(Br)cc1)OC(=O)Cc1ccc(-c2ccccc2)cc1. The fraction of sp³-hybridized carbons (Fsp3) is 0.0909. The molecule has 3 nitrogen and oxygen atoms in total. The van der Waals surface area contributed by atoms with Gasteiger partial charge in [-0.3, -0.25) is 9.59 Å². The minimum Gasteiger partial charge on any atom is -0.393 e. The summed E-state index contributed by atoms with van der Waals surface area (Å²) in [5, 5.41) is 0. The molecule has 0 radical (unpaired) electrons. The van der Waals surface area contributed by atoms with Crippen molar-refractivity contribution in [3.05, 3.63) is 94.5 Å². The molecule has 0 heterocycles. The van der Waals surface area contributed by atoms with E-state index in [4.69, 9.17) is 4.74 Å². The molecule has 0 unspecified atom stereocenters. The summed E-state index contributed by atoms with van der Waals surface area (Å²) in [6.45, 7) is 0. The standard InChI is InChI=1S/C22H17BrO3/c23-20-12-8-17(9-13-20)15-22(25)26-21(24)14-16-6-10-19(11-7-16)18-4-2-1-3-5-18/h1-13H,14-15H2. The van der Waals surface area contributed by atoms with Crippen molar-refractivity contribution in [2.24, 2.45) is 0 Å². The fourth-order valence-corrected chi connectivity index (χ4v) is 2.84. The van der Waals surface area contributed by atoms with Crippen LogP contribution in [0.5, 0.6) is 0 Å². The third kappa shape index (κ3) is 5.14. The first-order valence-corrected chi connectivity index (χ1v) is 9.02. The van der Waals surface area contributed by atoms with Crippen LogP contribution in [0.1, 0.15) is 11.1 Å². The first-order valence-electron chi connectivity index (χ1n) is 8.22. The molecule has 3 rings (SSSR count). The summed E-state index contributed by atoms with van der Waals surface area (Å²) >= 11 is 3.34. The molecule has 0 aliphatic carbocycles. The van der Waals surface area contributed by atoms with Crippen molar-refractivity contribution >= 4 is 27.9 Å². The van der Waals surface area contributed by atoms with Crippen LogP contribution in [0, 0.1) is 0 Å². The molecule has 0 saturated carbocycles. The molecular weight excluding hydrogens is 392 g/mol. The lowest BCUT2D eigenvalue weighted by Gasteiger charge is -2.05. The van der Waals surface area contributed by atoms with E-state index >= 15 is 0 Å². The molecule has 0 bridgehead atoms. The van der Waals surface area contributed by atoms with E-state index in [1.54, 1.807) is 0 Å². The number of rotatable bonds is 5. The molecule has 0 saturated heterocycles. The van der Waals surface area contributed by atoms with E-state index in [-0.39, 0.29) is 12.8 Å². The second-order valence-corrected chi connectivity index (χ2v) is 6.80. The Morgan fingerprint density at radius 2 is 1.12 bits per heavy atom. The monoisotopic (exact) mass is 408 g/mol. The van der Waals surface area contributed by atoms with Gasteiger partial charge >= 0.3 is 11.9 Å². The van der Waals surface area contributed by atoms with Crippen molar-refractivity contribution in [1.82, 2.24) is 0 Å². The Labute approximate surface area is 160 Å². The van der Waals surface area contributed by atoms with Gasteiger partial charge < -0.3 is 4.74 Å². The molecule has 0 spiro atoms. The summed E-state index contributed by atoms with van der Waals surface area (Å²) in [6.07, 6.45) is 0.146. The summed E-state index contributed by atoms with van der Waals surface area (Å²) in [6, 6.07) is 25.0. The molecule has 0 fully saturated rings. The van der Waals surface area contributed by atoms with Gasteiger partial charge in [0.15, 0.2) is 0 Å². The van der Waals surface area contributed by atoms with Crippen molar-refractivity contribution in [2.45, 2.75) is 12.8 Å². The predicted octanol–water partition coefficient (Wildman–Crippen LogP) is 4.97. The van der Waals surface area contributed by atoms with Gasteiger partial charge in [0.1, 0.15) is 0 Å². The molecule has 0 amide bonds. The third-order valence-electron chi connectivity index (χ3n) is 3.90. The van der Waals surface area contributed by atoms with Crippen molar-refractivity contribution in [2.75, 3.05) is 0 Å². The van der Waals surface area contributed by atoms with Crippen LogP contribution in [0.15, 0.2) is 83.3 Å². The maximum Gasteiger partial charge on any atom is 0.317 e. The normalized spacial score (nSPS) is 10.3. The van der Waals surface area contributed by atoms with Crippen LogP contribution < -0.4 is 0 Å². The highest BCUT2D eigenvalue weighted by atomic mass is 79.9. The summed E-state index contributed by atoms with van der Waals surface area (Å²) in [5.74, 6) is -1.09. The summed E-state index contributed by atoms with van der Waals surface area (Å²) < 4.78 is 5.85. The Morgan fingerprint density at radius 3 is 1.65 bits per heavy atom. The second-order valence-electron chi connectivity index (χ2n) is 5.89. The van der Waals surface area contributed by atoms with E-state index in [1.807, 2.05) is 78.9 Å². The Morgan fingerprint density at radius 1 is 0.654 bits per heavy atom. The van der Waals surface area contributed by atoms with Crippen molar-refractivity contribution in [3.63, 3.8) is 0 Å². The lowest BCUT2D eigenvalue weighted by molar-refractivity contribution is -0.158. The van der Waals surface area contributed by atoms with Gasteiger partial charge in [-0.2, -0.15) is 0 Å². The van der Waals surface area contributed by atoms with Crippen LogP contribution >= 0.6 is 15.9 Å². The molecule has 130 valence electrons. The highest BCUT2D eigenvalue weighted by Gasteiger charge is 2.12. The van der Waals surface area contributed by atoms with Gasteiger partial charge in [-0.05, 0) is 34.4 Å². The molecule has 3 aromatic rings. The number of hydrogen-bond donors (Lipinski definition) is 0. The number of benzene rings is 3. The Hall–Kier alpha value is -2.72. The maximum absolute atomic E-state index is 12.0. The minimum absolute atomic E-state index is 0.0706. The van der Waals surface area contributed by atoms with Gasteiger partial charge in [0.2, 0.25) is 0 Å². The predicted molar refractivity (Wildman–Crippen MR) is 105 cm³/mol. The minimum atomic E-state index is -0.543. The highest BCUT2D eigenvalue weighted by Crippen LogP contribution is 2.19. The van der Waals surface area contributed by atoms with Crippen LogP contribution in [0.2, 0.25) is 0 Å². The van der Waals surface area contributed by atoms with Crippen molar-refractivity contribution in [1.29, 1.82) is 0 Å². The zero-order chi connectivity index (χ0) is 18.4. The van der Waals surface area contributed by atoms with E-state index in [2.05, 4.69) is 15.9 Å². The largest absolute Gasteiger partial charge is 0.393 e. The fourth-order valence-electron chi connectivity index (χ4n) is 2.58. The number of carbonyl (C=O) groups excluding carboxylic acids is 2. The van der Waals surface area contributed by atoms with E-state index in [9.17, 15) is 9.59 Å². The van der Waals surface area contributed by atoms with Gasteiger partial charge in [0.25, 0.3) is 0 Å². The summed E-state index contributed by atoms with van der Waals surface area (Å²) in [7, 11) is 0. The average Bonchev–Trinajstić information content (AvgIpc) is 2.65. The molecule has 0 aromatic heterocycles. The second kappa shape index (κ2) is 8.59. The summed E-state index contributed by atoms with van der Waals surface area (Å²) in [4.78, 5) is 23.9. The number of ether oxygens (including phenoxy) is 1. The number of esters is 2. The molecule has 0 aliphatic rings. The number of hydrogen-bond acceptors (Lipinski definition) is 3. The van der Waals surface area contributed by atoms with E-state index < -0.39 is 11.9 Å². The molecule has 26 heavy (non-hydrogen) atoms. The molecule has 3 aromatic carbocycles. The molecule has 0 atom stereocenters. The first-order chi connectivity index (χ1) is 12.6. The number of halogens is 1. The first kappa shape index (κ1) is 18.1. The molecular formula is C22H17BrO3. The zero-order valence-electron chi connectivity index (χ0n) is 14.0. The third-order valence-corrected chi connectivity index (χ3v) is 4.43. The maximum atomic E-state index is 12.0. The van der Waals surface area contributed by atoms with Crippen LogP contribution in [-0.2, 0) is 27.2 Å². The zero-order valence-corrected chi connectivity index (χ0v) is 15.6. The lowest BCUT2D eigenvalue weighted by Crippen LogP contribution is -2.16. The van der Waals surface area contributed by atoms with Crippen LogP contribution in [0.25, 0.3) is 11.1 Å². The van der Waals surface area contributed by atoms with E-state index in [1.165, 1.54) is 0 Å².